The molecule has 0 amide bonds. The summed E-state index contributed by atoms with van der Waals surface area (Å²) in [5.74, 6) is 1.45. The number of rotatable bonds is 10. The Labute approximate surface area is 212 Å². The molecule has 0 radical (unpaired) electrons. The number of halogens is 2. The van der Waals surface area contributed by atoms with Crippen molar-refractivity contribution < 1.29 is 9.53 Å². The van der Waals surface area contributed by atoms with Gasteiger partial charge in [-0.05, 0) is 124 Å². The number of unbranched alkanes of at least 4 members (excludes halogenated alkanes) is 2. The summed E-state index contributed by atoms with van der Waals surface area (Å²) in [5, 5.41) is 1.44. The third-order valence-corrected chi connectivity index (χ3v) is 7.04. The maximum atomic E-state index is 12.5. The Bertz CT molecular complexity index is 1040. The fourth-order valence-corrected chi connectivity index (χ4v) is 4.75. The van der Waals surface area contributed by atoms with Gasteiger partial charge in [-0.25, -0.2) is 0 Å². The predicted molar refractivity (Wildman–Crippen MR) is 141 cm³/mol. The third kappa shape index (κ3) is 7.09. The van der Waals surface area contributed by atoms with Crippen molar-refractivity contribution in [1.82, 2.24) is 4.90 Å². The first kappa shape index (κ1) is 24.8. The van der Waals surface area contributed by atoms with Gasteiger partial charge in [-0.3, -0.25) is 4.79 Å². The van der Waals surface area contributed by atoms with Gasteiger partial charge in [0.15, 0.2) is 5.78 Å². The van der Waals surface area contributed by atoms with Crippen LogP contribution in [0.25, 0.3) is 0 Å². The molecule has 0 N–H and O–H groups in total. The molecule has 1 aliphatic rings. The summed E-state index contributed by atoms with van der Waals surface area (Å²) in [6.07, 6.45) is 5.84. The van der Waals surface area contributed by atoms with E-state index in [0.717, 1.165) is 30.2 Å². The number of carbonyl (C=O) groups excluding carboxylic acids is 1. The summed E-state index contributed by atoms with van der Waals surface area (Å²) in [6.45, 7) is 4.20. The molecule has 0 saturated carbocycles. The Balaban J connectivity index is 1.10. The van der Waals surface area contributed by atoms with Crippen LogP contribution in [0.2, 0.25) is 10.0 Å². The smallest absolute Gasteiger partial charge is 0.193 e. The summed E-state index contributed by atoms with van der Waals surface area (Å²) >= 11 is 11.9. The largest absolute Gasteiger partial charge is 0.494 e. The number of ketones is 1. The normalized spacial score (nSPS) is 14.8. The molecule has 0 atom stereocenters. The van der Waals surface area contributed by atoms with E-state index in [9.17, 15) is 4.79 Å². The number of carbonyl (C=O) groups is 1. The molecule has 0 spiro atoms. The predicted octanol–water partition coefficient (Wildman–Crippen LogP) is 7.65. The number of nitrogens with zero attached hydrogens (tertiary/aromatic N) is 1. The van der Waals surface area contributed by atoms with Gasteiger partial charge in [-0.1, -0.05) is 35.3 Å². The second kappa shape index (κ2) is 12.4. The van der Waals surface area contributed by atoms with E-state index in [1.165, 1.54) is 37.9 Å². The molecule has 3 nitrogen and oxygen atoms in total. The van der Waals surface area contributed by atoms with E-state index in [-0.39, 0.29) is 5.78 Å². The molecule has 0 unspecified atom stereocenters. The number of benzene rings is 3. The first-order valence-electron chi connectivity index (χ1n) is 12.1. The minimum absolute atomic E-state index is 0.0135. The zero-order chi connectivity index (χ0) is 23.8. The SMILES string of the molecule is O=C(c1ccc(Cl)cc1)c1ccc(OCCCCCN2CCC(c3ccc(Cl)cc3)CC2)cc1. The molecule has 1 fully saturated rings. The molecule has 0 aliphatic carbocycles. The highest BCUT2D eigenvalue weighted by Crippen LogP contribution is 2.29. The van der Waals surface area contributed by atoms with Crippen LogP contribution in [0.4, 0.5) is 0 Å². The Hall–Kier alpha value is -2.33. The maximum Gasteiger partial charge on any atom is 0.193 e. The van der Waals surface area contributed by atoms with Gasteiger partial charge >= 0.3 is 0 Å². The Morgan fingerprint density at radius 3 is 1.94 bits per heavy atom. The highest BCUT2D eigenvalue weighted by atomic mass is 35.5. The van der Waals surface area contributed by atoms with E-state index in [1.807, 2.05) is 36.4 Å². The third-order valence-electron chi connectivity index (χ3n) is 6.54. The van der Waals surface area contributed by atoms with Gasteiger partial charge in [0.25, 0.3) is 0 Å². The first-order chi connectivity index (χ1) is 16.6. The molecular formula is C29H31Cl2NO2. The maximum absolute atomic E-state index is 12.5. The van der Waals surface area contributed by atoms with Gasteiger partial charge in [-0.15, -0.1) is 0 Å². The molecule has 3 aromatic rings. The van der Waals surface area contributed by atoms with E-state index in [0.29, 0.717) is 28.7 Å². The minimum atomic E-state index is -0.0135. The molecule has 34 heavy (non-hydrogen) atoms. The average Bonchev–Trinajstić information content (AvgIpc) is 2.87. The summed E-state index contributed by atoms with van der Waals surface area (Å²) < 4.78 is 5.87. The first-order valence-corrected chi connectivity index (χ1v) is 12.8. The van der Waals surface area contributed by atoms with Crippen LogP contribution in [-0.2, 0) is 0 Å². The molecule has 4 rings (SSSR count). The lowest BCUT2D eigenvalue weighted by Gasteiger charge is -2.32. The lowest BCUT2D eigenvalue weighted by molar-refractivity contribution is 0.103. The van der Waals surface area contributed by atoms with Crippen molar-refractivity contribution in [2.75, 3.05) is 26.2 Å². The number of hydrogen-bond donors (Lipinski definition) is 0. The zero-order valence-corrected chi connectivity index (χ0v) is 20.9. The standard InChI is InChI=1S/C29H31Cl2NO2/c30-26-10-4-22(5-11-26)23-16-19-32(20-17-23)18-2-1-3-21-34-28-14-8-25(9-15-28)29(33)24-6-12-27(31)13-7-24/h4-15,23H,1-3,16-21H2. The lowest BCUT2D eigenvalue weighted by Crippen LogP contribution is -2.33. The zero-order valence-electron chi connectivity index (χ0n) is 19.4. The van der Waals surface area contributed by atoms with Crippen molar-refractivity contribution in [2.24, 2.45) is 0 Å². The van der Waals surface area contributed by atoms with Crippen molar-refractivity contribution in [1.29, 1.82) is 0 Å². The van der Waals surface area contributed by atoms with Crippen LogP contribution in [0.15, 0.2) is 72.8 Å². The van der Waals surface area contributed by atoms with Crippen LogP contribution in [0.5, 0.6) is 5.75 Å². The Morgan fingerprint density at radius 1 is 0.765 bits per heavy atom. The lowest BCUT2D eigenvalue weighted by atomic mass is 9.89. The molecule has 0 aromatic heterocycles. The minimum Gasteiger partial charge on any atom is -0.494 e. The van der Waals surface area contributed by atoms with Gasteiger partial charge in [0.2, 0.25) is 0 Å². The summed E-state index contributed by atoms with van der Waals surface area (Å²) in [5.41, 5.74) is 2.70. The second-order valence-corrected chi connectivity index (χ2v) is 9.81. The molecule has 0 bridgehead atoms. The van der Waals surface area contributed by atoms with Crippen molar-refractivity contribution >= 4 is 29.0 Å². The van der Waals surface area contributed by atoms with Crippen molar-refractivity contribution in [3.8, 4) is 5.75 Å². The van der Waals surface area contributed by atoms with Crippen molar-refractivity contribution in [3.05, 3.63) is 99.5 Å². The van der Waals surface area contributed by atoms with E-state index in [4.69, 9.17) is 27.9 Å². The fraction of sp³-hybridized carbons (Fsp3) is 0.345. The quantitative estimate of drug-likeness (QED) is 0.213. The number of hydrogen-bond acceptors (Lipinski definition) is 3. The highest BCUT2D eigenvalue weighted by molar-refractivity contribution is 6.31. The molecule has 1 heterocycles. The summed E-state index contributed by atoms with van der Waals surface area (Å²) in [4.78, 5) is 15.1. The highest BCUT2D eigenvalue weighted by Gasteiger charge is 2.20. The van der Waals surface area contributed by atoms with Crippen molar-refractivity contribution in [3.63, 3.8) is 0 Å². The van der Waals surface area contributed by atoms with Crippen LogP contribution in [0.3, 0.4) is 0 Å². The molecular weight excluding hydrogens is 465 g/mol. The van der Waals surface area contributed by atoms with E-state index < -0.39 is 0 Å². The Morgan fingerprint density at radius 2 is 1.32 bits per heavy atom. The molecule has 5 heteroatoms. The van der Waals surface area contributed by atoms with Crippen LogP contribution in [0, 0.1) is 0 Å². The van der Waals surface area contributed by atoms with Crippen LogP contribution < -0.4 is 4.74 Å². The monoisotopic (exact) mass is 495 g/mol. The molecule has 1 saturated heterocycles. The van der Waals surface area contributed by atoms with E-state index >= 15 is 0 Å². The van der Waals surface area contributed by atoms with Crippen LogP contribution in [0.1, 0.15) is 59.5 Å². The molecule has 1 aliphatic heterocycles. The topological polar surface area (TPSA) is 29.5 Å². The van der Waals surface area contributed by atoms with E-state index in [2.05, 4.69) is 17.0 Å². The average molecular weight is 496 g/mol. The number of piperidine rings is 1. The summed E-state index contributed by atoms with van der Waals surface area (Å²) in [6, 6.07) is 22.7. The van der Waals surface area contributed by atoms with Gasteiger partial charge in [0, 0.05) is 21.2 Å². The van der Waals surface area contributed by atoms with Gasteiger partial charge in [0.05, 0.1) is 6.61 Å². The van der Waals surface area contributed by atoms with Gasteiger partial charge in [0.1, 0.15) is 5.75 Å². The fourth-order valence-electron chi connectivity index (χ4n) is 4.50. The number of ether oxygens (including phenoxy) is 1. The summed E-state index contributed by atoms with van der Waals surface area (Å²) in [7, 11) is 0. The van der Waals surface area contributed by atoms with Crippen LogP contribution in [-0.4, -0.2) is 36.9 Å². The second-order valence-electron chi connectivity index (χ2n) is 8.94. The van der Waals surface area contributed by atoms with Crippen LogP contribution >= 0.6 is 23.2 Å². The number of likely N-dealkylation sites (tertiary alicyclic amines) is 1. The molecule has 3 aromatic carbocycles. The Kier molecular flexibility index (Phi) is 9.04. The van der Waals surface area contributed by atoms with E-state index in [1.54, 1.807) is 24.3 Å². The van der Waals surface area contributed by atoms with Gasteiger partial charge < -0.3 is 9.64 Å². The van der Waals surface area contributed by atoms with Gasteiger partial charge in [-0.2, -0.15) is 0 Å². The molecule has 178 valence electrons. The van der Waals surface area contributed by atoms with Crippen molar-refractivity contribution in [2.45, 2.75) is 38.0 Å².